The Labute approximate surface area is 863 Å². The summed E-state index contributed by atoms with van der Waals surface area (Å²) < 4.78 is 174. The monoisotopic (exact) mass is 2270 g/mol. The number of hydrogen-bond donors (Lipinski definition) is 9. The third kappa shape index (κ3) is 21.1. The number of carbonyl (C=O) groups is 4. The van der Waals surface area contributed by atoms with Gasteiger partial charge in [0.25, 0.3) is 34.1 Å². The van der Waals surface area contributed by atoms with Gasteiger partial charge < -0.3 is 59.5 Å². The second-order valence-electron chi connectivity index (χ2n) is 34.0. The van der Waals surface area contributed by atoms with Crippen molar-refractivity contribution in [1.29, 1.82) is 0 Å². The second-order valence-corrected chi connectivity index (χ2v) is 42.6. The van der Waals surface area contributed by atoms with Crippen LogP contribution >= 0.6 is 54.8 Å². The molecule has 10 aromatic heterocycles. The number of alkyl halides is 6. The fraction of sp³-hybridized carbons (Fsp3) is 0.110. The number of nitrogens with one attached hydrogen (secondary N) is 6. The summed E-state index contributed by atoms with van der Waals surface area (Å²) in [7, 11) is -10.4. The molecule has 0 saturated heterocycles. The number of carbonyl (C=O) groups excluding carboxylic acids is 3. The van der Waals surface area contributed by atoms with Gasteiger partial charge in [0.2, 0.25) is 20.0 Å². The first kappa shape index (κ1) is 105. The minimum Gasteiger partial charge on any atom is -0.497 e. The number of carboxylic acid groups (broad SMARTS) is 1. The van der Waals surface area contributed by atoms with Gasteiger partial charge in [0.1, 0.15) is 33.7 Å². The standard InChI is InChI=1S/C26H21BrN4O6S.C26H21BrN4O5S.C26H20F3N5O5S.C22H12ClF3N4O4S/c1-37-17-7-5-6-15(12-17)14-30-21-11-10-16(27)13-19(21)22(23(30)24(32)29-38(2,35)36)31-25(33)18-8-3-4-9-20(18)28-26(31)34;1-37(35,36)14-22(32)24-23(31-25(33)18-7-2-3-8-20(18)29-26(31)34)19-12-16(27)9-10-21(19)30(24)13-15-5-4-6-17(28)11-15;1-40(38,39)32-23(35)22-21(34-24(36)17-7-2-3-8-19(17)31-25(34)37)18-12-15(26(27,28)29)9-10-20(18)33(22)13-14-5-4-6-16(30)11-14;23-18-10(2-1-5-27-18)7-29-15-4-3-11(22(24,25)26)6-12(15)16(17(29)20(32)33)30-19(31)13-8-35-9-14(13)28-21(30)34/h3-13H,14H2,1-2H3,(H,28,34)(H,29,32);2-12H,13-14,28H2,1H3,(H,29,34);2-12H,13,30H2,1H3,(H,31,37)(H,32,35);1-6,8-9H,7H2,(H,28,34)(H,32,33). The lowest BCUT2D eigenvalue weighted by Gasteiger charge is -2.13. The number of fused-ring (bicyclic) bond motifs is 8. The number of ketones is 1. The number of methoxy groups -OCH3 is 1. The number of aromatic nitrogens is 13. The normalized spacial score (nSPS) is 11.9. The van der Waals surface area contributed by atoms with E-state index >= 15 is 0 Å². The predicted octanol–water partition coefficient (Wildman–Crippen LogP) is 13.9. The number of Topliss-reactive ketones (excluding diaryl/α,β-unsaturated/α-hetero) is 1. The molecule has 0 radical (unpaired) electrons. The lowest BCUT2D eigenvalue weighted by atomic mass is 10.1. The van der Waals surface area contributed by atoms with Crippen molar-refractivity contribution in [2.24, 2.45) is 0 Å². The molecule has 37 nitrogen and oxygen atoms in total. The molecule has 766 valence electrons. The molecule has 0 unspecified atom stereocenters. The van der Waals surface area contributed by atoms with Crippen LogP contribution in [0.1, 0.15) is 75.3 Å². The number of halogens is 9. The molecular weight excluding hydrogens is 2200 g/mol. The summed E-state index contributed by atoms with van der Waals surface area (Å²) >= 11 is 14.1. The molecule has 20 aromatic rings. The van der Waals surface area contributed by atoms with Gasteiger partial charge in [-0.15, -0.1) is 11.3 Å². The number of hydrogen-bond acceptors (Lipinski definition) is 23. The van der Waals surface area contributed by atoms with Gasteiger partial charge in [0, 0.05) is 90.3 Å². The quantitative estimate of drug-likeness (QED) is 0.0140. The first-order valence-corrected chi connectivity index (χ1v) is 52.6. The minimum atomic E-state index is -4.81. The average Bonchev–Trinajstić information content (AvgIpc) is 1.58. The molecule has 11 N–H and O–H groups in total. The summed E-state index contributed by atoms with van der Waals surface area (Å²) in [6.07, 6.45) is -5.61. The van der Waals surface area contributed by atoms with E-state index in [1.807, 2.05) is 16.9 Å². The summed E-state index contributed by atoms with van der Waals surface area (Å²) in [5.74, 6) is -4.75. The van der Waals surface area contributed by atoms with Gasteiger partial charge in [-0.05, 0) is 168 Å². The number of H-pyrrole nitrogens is 4. The van der Waals surface area contributed by atoms with E-state index in [9.17, 15) is 114 Å². The number of para-hydroxylation sites is 3. The Hall–Kier alpha value is -16.9. The van der Waals surface area contributed by atoms with Crippen molar-refractivity contribution >= 4 is 207 Å². The van der Waals surface area contributed by atoms with Crippen LogP contribution in [-0.2, 0) is 68.4 Å². The van der Waals surface area contributed by atoms with Gasteiger partial charge in [-0.1, -0.05) is 122 Å². The van der Waals surface area contributed by atoms with E-state index < -0.39 is 150 Å². The lowest BCUT2D eigenvalue weighted by molar-refractivity contribution is -0.138. The molecule has 0 atom stereocenters. The third-order valence-electron chi connectivity index (χ3n) is 23.6. The van der Waals surface area contributed by atoms with Gasteiger partial charge in [-0.25, -0.2) is 81.9 Å². The Morgan fingerprint density at radius 3 is 1.17 bits per heavy atom. The van der Waals surface area contributed by atoms with Gasteiger partial charge >= 0.3 is 41.1 Å². The zero-order valence-electron chi connectivity index (χ0n) is 77.6. The van der Waals surface area contributed by atoms with Crippen LogP contribution in [0.4, 0.5) is 37.7 Å². The van der Waals surface area contributed by atoms with Crippen LogP contribution in [0, 0.1) is 0 Å². The number of aromatic amines is 4. The molecular formula is C100H74Br2ClF6N17O20S4. The van der Waals surface area contributed by atoms with Crippen LogP contribution in [0.5, 0.6) is 5.75 Å². The summed E-state index contributed by atoms with van der Waals surface area (Å²) in [6, 6.07) is 58.3. The van der Waals surface area contributed by atoms with Gasteiger partial charge in [-0.2, -0.15) is 26.3 Å². The molecule has 0 bridgehead atoms. The zero-order valence-corrected chi connectivity index (χ0v) is 84.8. The van der Waals surface area contributed by atoms with Crippen LogP contribution in [0.25, 0.3) is 110 Å². The van der Waals surface area contributed by atoms with Crippen molar-refractivity contribution in [3.8, 4) is 28.5 Å². The highest BCUT2D eigenvalue weighted by Crippen LogP contribution is 2.42. The Morgan fingerprint density at radius 1 is 0.420 bits per heavy atom. The number of sulfone groups is 1. The lowest BCUT2D eigenvalue weighted by Crippen LogP contribution is -2.37. The summed E-state index contributed by atoms with van der Waals surface area (Å²) in [5, 5.41) is 14.1. The van der Waals surface area contributed by atoms with Crippen LogP contribution in [0.3, 0.4) is 0 Å². The molecule has 150 heavy (non-hydrogen) atoms. The first-order chi connectivity index (χ1) is 70.9. The number of ether oxygens (including phenoxy) is 1. The molecule has 10 aromatic carbocycles. The number of thiophene rings is 1. The molecule has 10 heterocycles. The number of rotatable bonds is 21. The summed E-state index contributed by atoms with van der Waals surface area (Å²) in [6.45, 7) is -0.0977. The predicted molar refractivity (Wildman–Crippen MR) is 562 cm³/mol. The molecule has 20 rings (SSSR count). The van der Waals surface area contributed by atoms with Crippen molar-refractivity contribution < 1.29 is 80.6 Å². The fourth-order valence-electron chi connectivity index (χ4n) is 17.6. The Morgan fingerprint density at radius 2 is 0.780 bits per heavy atom. The van der Waals surface area contributed by atoms with Crippen molar-refractivity contribution in [1.82, 2.24) is 70.9 Å². The largest absolute Gasteiger partial charge is 0.497 e. The molecule has 2 amide bonds. The molecule has 0 fully saturated rings. The molecule has 0 aliphatic rings. The number of anilines is 2. The fourth-order valence-corrected chi connectivity index (χ4v) is 20.7. The van der Waals surface area contributed by atoms with Crippen LogP contribution in [0.2, 0.25) is 5.15 Å². The number of nitrogen functional groups attached to an aromatic ring is 2. The van der Waals surface area contributed by atoms with Crippen LogP contribution in [0.15, 0.2) is 295 Å². The average molecular weight is 2270 g/mol. The molecule has 0 saturated carbocycles. The number of aromatic carboxylic acids is 1. The maximum absolute atomic E-state index is 13.8. The smallest absolute Gasteiger partial charge is 0.416 e. The number of nitrogens with zero attached hydrogens (tertiary/aromatic N) is 9. The van der Waals surface area contributed by atoms with E-state index in [1.165, 1.54) is 51.4 Å². The number of nitrogens with two attached hydrogens (primary N) is 2. The Bertz CT molecular complexity index is 10000. The molecule has 0 aliphatic heterocycles. The maximum atomic E-state index is 13.8. The SMILES string of the molecule is COc1cccc(Cn2c(C(=O)NS(C)(=O)=O)c(-n3c(=O)[nH]c4ccccc4c3=O)c3cc(Br)ccc32)c1.CS(=O)(=O)CC(=O)c1c(-n2c(=O)[nH]c3ccccc3c2=O)c2cc(Br)ccc2n1Cc1cccc(N)c1.CS(=O)(=O)NC(=O)c1c(-n2c(=O)[nH]c3ccccc3c2=O)c2cc(C(F)(F)F)ccc2n1Cc1cccc(N)c1.O=C(O)c1c(-n2c(=O)[nH]c3cscc3c2=O)c2cc(C(F)(F)F)ccc2n1Cc1cccnc1Cl. The Kier molecular flexibility index (Phi) is 28.4. The number of pyridine rings is 1. The van der Waals surface area contributed by atoms with E-state index in [0.29, 0.717) is 91.5 Å². The third-order valence-corrected chi connectivity index (χ3v) is 27.6. The van der Waals surface area contributed by atoms with Crippen molar-refractivity contribution in [3.05, 3.63) is 401 Å². The van der Waals surface area contributed by atoms with E-state index in [-0.39, 0.29) is 108 Å². The molecule has 0 aliphatic carbocycles. The highest BCUT2D eigenvalue weighted by atomic mass is 79.9. The number of carboxylic acids is 1. The van der Waals surface area contributed by atoms with Gasteiger partial charge in [0.05, 0.1) is 126 Å². The van der Waals surface area contributed by atoms with Gasteiger partial charge in [-0.3, -0.25) is 33.6 Å². The van der Waals surface area contributed by atoms with E-state index in [1.54, 1.807) is 178 Å². The second kappa shape index (κ2) is 40.7. The van der Waals surface area contributed by atoms with Crippen molar-refractivity contribution in [2.75, 3.05) is 43.1 Å². The number of amides is 2. The van der Waals surface area contributed by atoms with Crippen molar-refractivity contribution in [3.63, 3.8) is 0 Å². The molecule has 50 heteroatoms. The topological polar surface area (TPSA) is 528 Å². The van der Waals surface area contributed by atoms with Crippen molar-refractivity contribution in [2.45, 2.75) is 38.5 Å². The highest BCUT2D eigenvalue weighted by molar-refractivity contribution is 9.10. The van der Waals surface area contributed by atoms with Crippen LogP contribution in [-0.4, -0.2) is 147 Å². The molecule has 0 spiro atoms. The number of sulfonamides is 2. The first-order valence-electron chi connectivity index (χ1n) is 43.9. The summed E-state index contributed by atoms with van der Waals surface area (Å²) in [5.41, 5.74) is 6.20. The summed E-state index contributed by atoms with van der Waals surface area (Å²) in [4.78, 5) is 174. The zero-order chi connectivity index (χ0) is 108. The van der Waals surface area contributed by atoms with E-state index in [4.69, 9.17) is 27.8 Å². The van der Waals surface area contributed by atoms with E-state index in [2.05, 4.69) is 56.8 Å². The Balaban J connectivity index is 0.000000136. The highest BCUT2D eigenvalue weighted by Gasteiger charge is 2.39. The van der Waals surface area contributed by atoms with Crippen LogP contribution < -0.4 is 70.6 Å². The number of benzene rings is 10. The minimum absolute atomic E-state index is 0.0141. The van der Waals surface area contributed by atoms with Gasteiger partial charge in [0.15, 0.2) is 21.3 Å². The van der Waals surface area contributed by atoms with E-state index in [0.717, 1.165) is 74.4 Å². The maximum Gasteiger partial charge on any atom is 0.416 e.